The molecule has 37 heavy (non-hydrogen) atoms. The molecular formula is C26H31FN2O6SSi. The van der Waals surface area contributed by atoms with Crippen molar-refractivity contribution in [2.75, 3.05) is 12.9 Å². The summed E-state index contributed by atoms with van der Waals surface area (Å²) in [6.45, 7) is 6.58. The molecule has 0 radical (unpaired) electrons. The van der Waals surface area contributed by atoms with Gasteiger partial charge in [-0.3, -0.25) is 18.5 Å². The first kappa shape index (κ1) is 27.2. The van der Waals surface area contributed by atoms with E-state index in [1.165, 1.54) is 0 Å². The van der Waals surface area contributed by atoms with Gasteiger partial charge in [0.2, 0.25) is 5.82 Å². The molecule has 1 heterocycles. The first-order chi connectivity index (χ1) is 17.3. The molecule has 8 nitrogen and oxygen atoms in total. The Bertz CT molecular complexity index is 1430. The fourth-order valence-corrected chi connectivity index (χ4v) is 10.5. The Hall–Kier alpha value is -2.86. The van der Waals surface area contributed by atoms with Gasteiger partial charge < -0.3 is 4.43 Å². The van der Waals surface area contributed by atoms with Crippen LogP contribution in [0, 0.1) is 11.7 Å². The molecule has 1 saturated carbocycles. The van der Waals surface area contributed by atoms with E-state index in [-0.39, 0.29) is 17.6 Å². The Morgan fingerprint density at radius 1 is 1.03 bits per heavy atom. The van der Waals surface area contributed by atoms with Crippen molar-refractivity contribution in [3.8, 4) is 0 Å². The van der Waals surface area contributed by atoms with Gasteiger partial charge in [0.25, 0.3) is 24.0 Å². The molecule has 0 unspecified atom stereocenters. The second-order valence-corrected chi connectivity index (χ2v) is 16.4. The van der Waals surface area contributed by atoms with Crippen LogP contribution in [0.2, 0.25) is 5.04 Å². The topological polar surface area (TPSA) is 107 Å². The molecule has 1 aromatic heterocycles. The largest absolute Gasteiger partial charge is 0.407 e. The van der Waals surface area contributed by atoms with E-state index in [4.69, 9.17) is 8.61 Å². The van der Waals surface area contributed by atoms with Crippen LogP contribution in [0.15, 0.2) is 76.4 Å². The molecular weight excluding hydrogens is 515 g/mol. The third-order valence-electron chi connectivity index (χ3n) is 6.89. The molecule has 198 valence electrons. The molecule has 0 bridgehead atoms. The van der Waals surface area contributed by atoms with Crippen LogP contribution in [0.1, 0.15) is 33.2 Å². The summed E-state index contributed by atoms with van der Waals surface area (Å²) >= 11 is 0. The number of nitrogens with one attached hydrogen (secondary N) is 1. The van der Waals surface area contributed by atoms with E-state index >= 15 is 0 Å². The molecule has 11 heteroatoms. The molecule has 0 spiro atoms. The smallest absolute Gasteiger partial charge is 0.328 e. The van der Waals surface area contributed by atoms with Crippen LogP contribution in [0.5, 0.6) is 0 Å². The van der Waals surface area contributed by atoms with Gasteiger partial charge in [0.05, 0.1) is 18.5 Å². The Morgan fingerprint density at radius 3 is 2.05 bits per heavy atom. The van der Waals surface area contributed by atoms with Gasteiger partial charge in [0.1, 0.15) is 6.10 Å². The van der Waals surface area contributed by atoms with Crippen LogP contribution in [-0.4, -0.2) is 45.3 Å². The van der Waals surface area contributed by atoms with Crippen molar-refractivity contribution in [3.05, 3.63) is 93.5 Å². The number of benzene rings is 2. The van der Waals surface area contributed by atoms with Crippen LogP contribution >= 0.6 is 0 Å². The molecule has 0 saturated heterocycles. The standard InChI is InChI=1S/C26H31FN2O6SSi/c1-26(2,3)37(19-11-7-5-8-12-19,20-13-9-6-10-14-20)34-17-18-15-22(23(18)35-36(4,32)33)29-16-21(27)24(30)28-25(29)31/h5-14,16,18,22-23H,15,17H2,1-4H3,(H,28,30,31)/t18-,22-,23+/m1/s1. The summed E-state index contributed by atoms with van der Waals surface area (Å²) < 4.78 is 51.4. The predicted octanol–water partition coefficient (Wildman–Crippen LogP) is 2.16. The van der Waals surface area contributed by atoms with Crippen molar-refractivity contribution < 1.29 is 21.4 Å². The number of hydrogen-bond acceptors (Lipinski definition) is 6. The lowest BCUT2D eigenvalue weighted by molar-refractivity contribution is -0.0334. The summed E-state index contributed by atoms with van der Waals surface area (Å²) in [4.78, 5) is 25.8. The van der Waals surface area contributed by atoms with Crippen LogP contribution in [0.3, 0.4) is 0 Å². The van der Waals surface area contributed by atoms with Crippen molar-refractivity contribution >= 4 is 28.8 Å². The summed E-state index contributed by atoms with van der Waals surface area (Å²) in [6, 6.07) is 19.2. The van der Waals surface area contributed by atoms with Gasteiger partial charge in [-0.25, -0.2) is 4.79 Å². The molecule has 3 aromatic rings. The maximum atomic E-state index is 14.0. The van der Waals surface area contributed by atoms with Crippen molar-refractivity contribution in [2.45, 2.75) is 44.4 Å². The van der Waals surface area contributed by atoms with Gasteiger partial charge in [0, 0.05) is 12.5 Å². The fourth-order valence-electron chi connectivity index (χ4n) is 5.18. The highest BCUT2D eigenvalue weighted by molar-refractivity contribution is 7.86. The third-order valence-corrected chi connectivity index (χ3v) is 12.5. The van der Waals surface area contributed by atoms with Crippen LogP contribution in [-0.2, 0) is 18.7 Å². The Kier molecular flexibility index (Phi) is 7.44. The molecule has 1 aliphatic carbocycles. The average molecular weight is 547 g/mol. The second kappa shape index (κ2) is 10.1. The van der Waals surface area contributed by atoms with E-state index in [1.807, 2.05) is 41.4 Å². The Balaban J connectivity index is 1.71. The molecule has 4 rings (SSSR count). The van der Waals surface area contributed by atoms with E-state index in [9.17, 15) is 22.4 Å². The van der Waals surface area contributed by atoms with E-state index in [0.717, 1.165) is 27.4 Å². The lowest BCUT2D eigenvalue weighted by atomic mass is 9.77. The Morgan fingerprint density at radius 2 is 1.57 bits per heavy atom. The van der Waals surface area contributed by atoms with Crippen LogP contribution in [0.25, 0.3) is 0 Å². The Labute approximate surface area is 216 Å². The zero-order valence-electron chi connectivity index (χ0n) is 21.2. The zero-order chi connectivity index (χ0) is 27.0. The number of hydrogen-bond donors (Lipinski definition) is 1. The van der Waals surface area contributed by atoms with Gasteiger partial charge in [-0.1, -0.05) is 81.4 Å². The van der Waals surface area contributed by atoms with Crippen molar-refractivity contribution in [1.29, 1.82) is 0 Å². The molecule has 1 fully saturated rings. The number of halogens is 1. The minimum atomic E-state index is -3.90. The second-order valence-electron chi connectivity index (χ2n) is 10.4. The van der Waals surface area contributed by atoms with E-state index < -0.39 is 47.6 Å². The van der Waals surface area contributed by atoms with E-state index in [1.54, 1.807) is 0 Å². The number of aromatic nitrogens is 2. The highest BCUT2D eigenvalue weighted by Crippen LogP contribution is 2.43. The summed E-state index contributed by atoms with van der Waals surface area (Å²) in [5.74, 6) is -1.52. The maximum Gasteiger partial charge on any atom is 0.328 e. The van der Waals surface area contributed by atoms with Gasteiger partial charge >= 0.3 is 5.69 Å². The summed E-state index contributed by atoms with van der Waals surface area (Å²) in [5, 5.41) is 1.86. The fraction of sp³-hybridized carbons (Fsp3) is 0.385. The summed E-state index contributed by atoms with van der Waals surface area (Å²) in [5.41, 5.74) is -1.96. The quantitative estimate of drug-likeness (QED) is 0.343. The SMILES string of the molecule is CC(C)(C)[Si](OC[C@H]1C[C@@H](n2cc(F)c(=O)[nH]c2=O)[C@H]1OS(C)(=O)=O)(c1ccccc1)c1ccccc1. The monoisotopic (exact) mass is 546 g/mol. The molecule has 1 N–H and O–H groups in total. The first-order valence-corrected chi connectivity index (χ1v) is 15.7. The lowest BCUT2D eigenvalue weighted by Crippen LogP contribution is -2.67. The van der Waals surface area contributed by atoms with E-state index in [2.05, 4.69) is 45.0 Å². The molecule has 0 amide bonds. The van der Waals surface area contributed by atoms with Crippen LogP contribution in [0.4, 0.5) is 4.39 Å². The first-order valence-electron chi connectivity index (χ1n) is 12.0. The van der Waals surface area contributed by atoms with E-state index in [0.29, 0.717) is 6.42 Å². The average Bonchev–Trinajstić information content (AvgIpc) is 2.82. The van der Waals surface area contributed by atoms with Crippen molar-refractivity contribution in [1.82, 2.24) is 9.55 Å². The van der Waals surface area contributed by atoms with Gasteiger partial charge in [0.15, 0.2) is 0 Å². The third kappa shape index (κ3) is 5.40. The van der Waals surface area contributed by atoms with Gasteiger partial charge in [-0.15, -0.1) is 0 Å². The maximum absolute atomic E-state index is 14.0. The summed E-state index contributed by atoms with van der Waals surface area (Å²) in [6.07, 6.45) is 1.07. The number of aromatic amines is 1. The minimum Gasteiger partial charge on any atom is -0.407 e. The zero-order valence-corrected chi connectivity index (χ0v) is 23.0. The van der Waals surface area contributed by atoms with Crippen molar-refractivity contribution in [3.63, 3.8) is 0 Å². The van der Waals surface area contributed by atoms with Crippen molar-refractivity contribution in [2.24, 2.45) is 5.92 Å². The molecule has 0 aliphatic heterocycles. The summed E-state index contributed by atoms with van der Waals surface area (Å²) in [7, 11) is -6.79. The molecule has 2 aromatic carbocycles. The van der Waals surface area contributed by atoms with Gasteiger partial charge in [-0.05, 0) is 21.8 Å². The minimum absolute atomic E-state index is 0.171. The highest BCUT2D eigenvalue weighted by atomic mass is 32.2. The molecule has 3 atom stereocenters. The molecule has 1 aliphatic rings. The van der Waals surface area contributed by atoms with Crippen LogP contribution < -0.4 is 21.6 Å². The normalized spacial score (nSPS) is 20.4. The number of rotatable bonds is 8. The van der Waals surface area contributed by atoms with Gasteiger partial charge in [-0.2, -0.15) is 12.8 Å². The lowest BCUT2D eigenvalue weighted by Gasteiger charge is -2.48. The highest BCUT2D eigenvalue weighted by Gasteiger charge is 2.53. The number of nitrogens with zero attached hydrogens (tertiary/aromatic N) is 1. The predicted molar refractivity (Wildman–Crippen MR) is 142 cm³/mol. The number of H-pyrrole nitrogens is 1.